The molecule has 0 unspecified atom stereocenters. The molecule has 25 heavy (non-hydrogen) atoms. The summed E-state index contributed by atoms with van der Waals surface area (Å²) in [5.74, 6) is -0.407. The molecule has 0 radical (unpaired) electrons. The fourth-order valence-electron chi connectivity index (χ4n) is 2.88. The van der Waals surface area contributed by atoms with Gasteiger partial charge in [-0.3, -0.25) is 0 Å². The van der Waals surface area contributed by atoms with E-state index in [4.69, 9.17) is 10.5 Å². The lowest BCUT2D eigenvalue weighted by molar-refractivity contribution is 0.0601. The zero-order chi connectivity index (χ0) is 18.0. The third-order valence-corrected chi connectivity index (χ3v) is 4.56. The average molecular weight is 335 g/mol. The maximum atomic E-state index is 12.0. The molecule has 3 rings (SSSR count). The van der Waals surface area contributed by atoms with Gasteiger partial charge in [0, 0.05) is 18.1 Å². The van der Waals surface area contributed by atoms with Gasteiger partial charge in [0.25, 0.3) is 0 Å². The number of esters is 1. The minimum Gasteiger partial charge on any atom is -0.465 e. The number of rotatable bonds is 4. The Morgan fingerprint density at radius 2 is 1.92 bits per heavy atom. The van der Waals surface area contributed by atoms with Crippen molar-refractivity contribution >= 4 is 11.7 Å². The Labute approximate surface area is 147 Å². The van der Waals surface area contributed by atoms with Crippen LogP contribution >= 0.6 is 0 Å². The molecule has 1 aromatic heterocycles. The highest BCUT2D eigenvalue weighted by Gasteiger charge is 2.16. The summed E-state index contributed by atoms with van der Waals surface area (Å²) >= 11 is 0. The minimum atomic E-state index is -0.407. The number of ether oxygens (including phenoxy) is 1. The Morgan fingerprint density at radius 1 is 1.20 bits per heavy atom. The van der Waals surface area contributed by atoms with Crippen molar-refractivity contribution in [3.05, 3.63) is 76.6 Å². The first kappa shape index (κ1) is 16.8. The molecule has 2 N–H and O–H groups in total. The molecule has 0 aliphatic carbocycles. The van der Waals surface area contributed by atoms with Crippen LogP contribution in [0.3, 0.4) is 0 Å². The second kappa shape index (κ2) is 6.81. The van der Waals surface area contributed by atoms with Gasteiger partial charge in [-0.1, -0.05) is 12.1 Å². The number of hydrogen-bond donors (Lipinski definition) is 1. The van der Waals surface area contributed by atoms with Crippen molar-refractivity contribution in [1.29, 1.82) is 0 Å². The first-order valence-electron chi connectivity index (χ1n) is 8.07. The highest BCUT2D eigenvalue weighted by atomic mass is 16.5. The Hall–Kier alpha value is -3.08. The van der Waals surface area contributed by atoms with Crippen LogP contribution in [0, 0.1) is 13.8 Å². The third kappa shape index (κ3) is 3.26. The zero-order valence-electron chi connectivity index (χ0n) is 14.6. The molecule has 2 aromatic carbocycles. The van der Waals surface area contributed by atoms with E-state index < -0.39 is 5.97 Å². The van der Waals surface area contributed by atoms with E-state index in [0.29, 0.717) is 11.3 Å². The Bertz CT molecular complexity index is 898. The normalized spacial score (nSPS) is 10.7. The number of benzene rings is 2. The van der Waals surface area contributed by atoms with Crippen molar-refractivity contribution in [3.63, 3.8) is 0 Å². The van der Waals surface area contributed by atoms with Crippen LogP contribution in [0.15, 0.2) is 48.8 Å². The fourth-order valence-corrected chi connectivity index (χ4v) is 2.88. The van der Waals surface area contributed by atoms with Crippen LogP contribution in [0.2, 0.25) is 0 Å². The topological polar surface area (TPSA) is 70.1 Å². The SMILES string of the molecule is COC(=O)c1cc(Cc2ccc(-n3cccn3)cc2)c(C)c(C)c1N. The molecule has 0 saturated heterocycles. The van der Waals surface area contributed by atoms with Crippen molar-refractivity contribution < 1.29 is 9.53 Å². The molecule has 5 nitrogen and oxygen atoms in total. The van der Waals surface area contributed by atoms with E-state index in [2.05, 4.69) is 17.2 Å². The predicted molar refractivity (Wildman–Crippen MR) is 98.0 cm³/mol. The van der Waals surface area contributed by atoms with E-state index in [0.717, 1.165) is 34.4 Å². The van der Waals surface area contributed by atoms with Gasteiger partial charge in [-0.25, -0.2) is 9.48 Å². The summed E-state index contributed by atoms with van der Waals surface area (Å²) in [6.07, 6.45) is 4.38. The number of nitrogens with zero attached hydrogens (tertiary/aromatic N) is 2. The molecule has 0 aliphatic rings. The maximum absolute atomic E-state index is 12.0. The Morgan fingerprint density at radius 3 is 2.52 bits per heavy atom. The van der Waals surface area contributed by atoms with Crippen molar-refractivity contribution in [2.45, 2.75) is 20.3 Å². The van der Waals surface area contributed by atoms with E-state index in [9.17, 15) is 4.79 Å². The van der Waals surface area contributed by atoms with Gasteiger partial charge < -0.3 is 10.5 Å². The van der Waals surface area contributed by atoms with E-state index in [-0.39, 0.29) is 0 Å². The second-order valence-electron chi connectivity index (χ2n) is 6.03. The second-order valence-corrected chi connectivity index (χ2v) is 6.03. The number of nitrogen functional groups attached to an aromatic ring is 1. The molecular weight excluding hydrogens is 314 g/mol. The van der Waals surface area contributed by atoms with Crippen molar-refractivity contribution in [3.8, 4) is 5.69 Å². The van der Waals surface area contributed by atoms with Crippen LogP contribution in [-0.2, 0) is 11.2 Å². The molecule has 0 fully saturated rings. The summed E-state index contributed by atoms with van der Waals surface area (Å²) in [4.78, 5) is 12.0. The maximum Gasteiger partial charge on any atom is 0.339 e. The van der Waals surface area contributed by atoms with Crippen molar-refractivity contribution in [1.82, 2.24) is 9.78 Å². The number of carbonyl (C=O) groups is 1. The first-order valence-corrected chi connectivity index (χ1v) is 8.07. The quantitative estimate of drug-likeness (QED) is 0.585. The van der Waals surface area contributed by atoms with E-state index in [1.165, 1.54) is 7.11 Å². The first-order chi connectivity index (χ1) is 12.0. The van der Waals surface area contributed by atoms with Gasteiger partial charge in [0.15, 0.2) is 0 Å². The smallest absolute Gasteiger partial charge is 0.339 e. The number of anilines is 1. The summed E-state index contributed by atoms with van der Waals surface area (Å²) in [5.41, 5.74) is 12.2. The van der Waals surface area contributed by atoms with Crippen LogP contribution in [0.25, 0.3) is 5.69 Å². The van der Waals surface area contributed by atoms with Crippen molar-refractivity contribution in [2.75, 3.05) is 12.8 Å². The van der Waals surface area contributed by atoms with Gasteiger partial charge in [-0.2, -0.15) is 5.10 Å². The van der Waals surface area contributed by atoms with Crippen LogP contribution in [0.1, 0.15) is 32.6 Å². The summed E-state index contributed by atoms with van der Waals surface area (Å²) in [6, 6.07) is 11.9. The van der Waals surface area contributed by atoms with Crippen LogP contribution in [-0.4, -0.2) is 22.9 Å². The molecule has 1 heterocycles. The predicted octanol–water partition coefficient (Wildman–Crippen LogP) is 3.45. The molecule has 5 heteroatoms. The highest BCUT2D eigenvalue weighted by Crippen LogP contribution is 2.27. The molecule has 0 atom stereocenters. The number of methoxy groups -OCH3 is 1. The summed E-state index contributed by atoms with van der Waals surface area (Å²) in [5, 5.41) is 4.23. The molecule has 3 aromatic rings. The van der Waals surface area contributed by atoms with E-state index >= 15 is 0 Å². The van der Waals surface area contributed by atoms with E-state index in [1.807, 2.05) is 49.0 Å². The number of nitrogens with two attached hydrogens (primary N) is 1. The number of hydrogen-bond acceptors (Lipinski definition) is 4. The minimum absolute atomic E-state index is 0.407. The lowest BCUT2D eigenvalue weighted by atomic mass is 9.93. The molecule has 128 valence electrons. The molecule has 0 amide bonds. The standard InChI is InChI=1S/C20H21N3O2/c1-13-14(2)19(21)18(20(24)25-3)12-16(13)11-15-5-7-17(8-6-15)23-10-4-9-22-23/h4-10,12H,11,21H2,1-3H3. The fraction of sp³-hybridized carbons (Fsp3) is 0.200. The van der Waals surface area contributed by atoms with Crippen LogP contribution < -0.4 is 5.73 Å². The van der Waals surface area contributed by atoms with Crippen LogP contribution in [0.5, 0.6) is 0 Å². The lowest BCUT2D eigenvalue weighted by Crippen LogP contribution is -2.10. The van der Waals surface area contributed by atoms with Gasteiger partial charge in [0.2, 0.25) is 0 Å². The Kier molecular flexibility index (Phi) is 4.57. The Balaban J connectivity index is 1.92. The monoisotopic (exact) mass is 335 g/mol. The van der Waals surface area contributed by atoms with Crippen molar-refractivity contribution in [2.24, 2.45) is 0 Å². The van der Waals surface area contributed by atoms with Gasteiger partial charge >= 0.3 is 5.97 Å². The summed E-state index contributed by atoms with van der Waals surface area (Å²) in [7, 11) is 1.37. The highest BCUT2D eigenvalue weighted by molar-refractivity contribution is 5.96. The zero-order valence-corrected chi connectivity index (χ0v) is 14.6. The average Bonchev–Trinajstić information content (AvgIpc) is 3.17. The third-order valence-electron chi connectivity index (χ3n) is 4.56. The van der Waals surface area contributed by atoms with E-state index in [1.54, 1.807) is 6.20 Å². The largest absolute Gasteiger partial charge is 0.465 e. The summed E-state index contributed by atoms with van der Waals surface area (Å²) in [6.45, 7) is 3.96. The number of aromatic nitrogens is 2. The number of carbonyl (C=O) groups excluding carboxylic acids is 1. The molecule has 0 aliphatic heterocycles. The molecule has 0 bridgehead atoms. The molecule has 0 spiro atoms. The lowest BCUT2D eigenvalue weighted by Gasteiger charge is -2.15. The van der Waals surface area contributed by atoms with Gasteiger partial charge in [-0.05, 0) is 66.8 Å². The van der Waals surface area contributed by atoms with Gasteiger partial charge in [0.05, 0.1) is 18.4 Å². The van der Waals surface area contributed by atoms with Gasteiger partial charge in [0.1, 0.15) is 0 Å². The van der Waals surface area contributed by atoms with Crippen LogP contribution in [0.4, 0.5) is 5.69 Å². The molecular formula is C20H21N3O2. The molecule has 0 saturated carbocycles. The van der Waals surface area contributed by atoms with Gasteiger partial charge in [-0.15, -0.1) is 0 Å². The summed E-state index contributed by atoms with van der Waals surface area (Å²) < 4.78 is 6.66.